The summed E-state index contributed by atoms with van der Waals surface area (Å²) in [5, 5.41) is 2.36. The fourth-order valence-electron chi connectivity index (χ4n) is 1.75. The molecule has 0 bridgehead atoms. The van der Waals surface area contributed by atoms with Crippen LogP contribution in [-0.2, 0) is 0 Å². The van der Waals surface area contributed by atoms with Crippen molar-refractivity contribution in [3.8, 4) is 11.5 Å². The molecule has 0 fully saturated rings. The van der Waals surface area contributed by atoms with Crippen LogP contribution in [0.15, 0.2) is 36.4 Å². The van der Waals surface area contributed by atoms with Crippen molar-refractivity contribution in [2.45, 2.75) is 19.6 Å². The molecule has 2 aromatic carbocycles. The van der Waals surface area contributed by atoms with Crippen LogP contribution in [0.4, 0.5) is 0 Å². The van der Waals surface area contributed by atoms with Gasteiger partial charge in [-0.3, -0.25) is 0 Å². The lowest BCUT2D eigenvalue weighted by Gasteiger charge is -2.19. The third-order valence-corrected chi connectivity index (χ3v) is 3.29. The Hall–Kier alpha value is -1.48. The molecule has 2 nitrogen and oxygen atoms in total. The Labute approximate surface area is 103 Å². The fourth-order valence-corrected chi connectivity index (χ4v) is 2.58. The van der Waals surface area contributed by atoms with E-state index in [0.717, 1.165) is 16.9 Å². The number of methoxy groups -OCH3 is 1. The third kappa shape index (κ3) is 3.00. The van der Waals surface area contributed by atoms with E-state index in [2.05, 4.69) is 37.8 Å². The van der Waals surface area contributed by atoms with Crippen LogP contribution in [0.5, 0.6) is 11.5 Å². The van der Waals surface area contributed by atoms with Crippen molar-refractivity contribution < 1.29 is 9.16 Å². The second-order valence-corrected chi connectivity index (χ2v) is 9.52. The van der Waals surface area contributed by atoms with Crippen LogP contribution in [0.25, 0.3) is 10.8 Å². The van der Waals surface area contributed by atoms with Gasteiger partial charge >= 0.3 is 0 Å². The summed E-state index contributed by atoms with van der Waals surface area (Å²) in [4.78, 5) is 0. The number of hydrogen-bond donors (Lipinski definition) is 0. The lowest BCUT2D eigenvalue weighted by atomic mass is 10.1. The Bertz CT molecular complexity index is 529. The summed E-state index contributed by atoms with van der Waals surface area (Å²) < 4.78 is 11.2. The molecular weight excluding hydrogens is 228 g/mol. The maximum atomic E-state index is 5.98. The van der Waals surface area contributed by atoms with Crippen LogP contribution in [-0.4, -0.2) is 15.4 Å². The van der Waals surface area contributed by atoms with Gasteiger partial charge in [-0.15, -0.1) is 0 Å². The van der Waals surface area contributed by atoms with E-state index in [1.165, 1.54) is 5.39 Å². The summed E-state index contributed by atoms with van der Waals surface area (Å²) in [7, 11) is 0.146. The van der Waals surface area contributed by atoms with Crippen molar-refractivity contribution in [2.24, 2.45) is 0 Å². The van der Waals surface area contributed by atoms with Crippen LogP contribution in [0.1, 0.15) is 0 Å². The molecule has 0 unspecified atom stereocenters. The minimum atomic E-state index is -1.54. The monoisotopic (exact) mass is 246 g/mol. The van der Waals surface area contributed by atoms with E-state index in [-0.39, 0.29) is 0 Å². The van der Waals surface area contributed by atoms with E-state index >= 15 is 0 Å². The first kappa shape index (κ1) is 12.0. The van der Waals surface area contributed by atoms with Gasteiger partial charge < -0.3 is 9.16 Å². The molecule has 0 atom stereocenters. The van der Waals surface area contributed by atoms with E-state index < -0.39 is 8.32 Å². The van der Waals surface area contributed by atoms with Gasteiger partial charge in [0.25, 0.3) is 0 Å². The first-order valence-electron chi connectivity index (χ1n) is 5.75. The first-order chi connectivity index (χ1) is 7.98. The van der Waals surface area contributed by atoms with Crippen molar-refractivity contribution in [1.82, 2.24) is 0 Å². The first-order valence-corrected chi connectivity index (χ1v) is 9.15. The van der Waals surface area contributed by atoms with Gasteiger partial charge in [-0.25, -0.2) is 0 Å². The van der Waals surface area contributed by atoms with Gasteiger partial charge in [0.05, 0.1) is 7.11 Å². The summed E-state index contributed by atoms with van der Waals surface area (Å²) in [6.07, 6.45) is 0. The average molecular weight is 246 g/mol. The molecule has 0 spiro atoms. The van der Waals surface area contributed by atoms with Gasteiger partial charge in [-0.1, -0.05) is 12.1 Å². The normalized spacial score (nSPS) is 11.5. The van der Waals surface area contributed by atoms with Crippen molar-refractivity contribution in [3.63, 3.8) is 0 Å². The topological polar surface area (TPSA) is 18.5 Å². The lowest BCUT2D eigenvalue weighted by molar-refractivity contribution is 0.415. The molecule has 0 aromatic heterocycles. The van der Waals surface area contributed by atoms with Crippen molar-refractivity contribution in [2.75, 3.05) is 7.11 Å². The molecule has 90 valence electrons. The zero-order valence-corrected chi connectivity index (χ0v) is 11.8. The molecule has 0 aliphatic carbocycles. The number of ether oxygens (including phenoxy) is 1. The molecule has 2 aromatic rings. The third-order valence-electron chi connectivity index (χ3n) is 2.44. The molecule has 0 saturated carbocycles. The standard InChI is InChI=1S/C14H18O2Si/c1-15-13-7-5-11-6-8-14(10-12(11)9-13)16-17(2,3)4/h5-10H,1-4H3. The summed E-state index contributed by atoms with van der Waals surface area (Å²) >= 11 is 0. The van der Waals surface area contributed by atoms with Gasteiger partial charge in [0, 0.05) is 0 Å². The second kappa shape index (κ2) is 4.41. The van der Waals surface area contributed by atoms with Crippen molar-refractivity contribution in [1.29, 1.82) is 0 Å². The number of benzene rings is 2. The highest BCUT2D eigenvalue weighted by Crippen LogP contribution is 2.26. The predicted octanol–water partition coefficient (Wildman–Crippen LogP) is 4.06. The maximum Gasteiger partial charge on any atom is 0.242 e. The number of hydrogen-bond acceptors (Lipinski definition) is 2. The Morgan fingerprint density at radius 3 is 2.00 bits per heavy atom. The Morgan fingerprint density at radius 2 is 1.41 bits per heavy atom. The van der Waals surface area contributed by atoms with Gasteiger partial charge in [-0.05, 0) is 54.7 Å². The smallest absolute Gasteiger partial charge is 0.242 e. The van der Waals surface area contributed by atoms with Crippen LogP contribution in [0, 0.1) is 0 Å². The lowest BCUT2D eigenvalue weighted by Crippen LogP contribution is -2.29. The second-order valence-electron chi connectivity index (χ2n) is 5.09. The molecular formula is C14H18O2Si. The summed E-state index contributed by atoms with van der Waals surface area (Å²) in [5.74, 6) is 1.83. The Kier molecular flexibility index (Phi) is 3.11. The molecule has 0 heterocycles. The molecule has 0 N–H and O–H groups in total. The van der Waals surface area contributed by atoms with Crippen LogP contribution >= 0.6 is 0 Å². The zero-order chi connectivity index (χ0) is 12.5. The SMILES string of the molecule is COc1ccc2ccc(O[Si](C)(C)C)cc2c1. The van der Waals surface area contributed by atoms with Gasteiger partial charge in [-0.2, -0.15) is 0 Å². The maximum absolute atomic E-state index is 5.98. The number of rotatable bonds is 3. The minimum Gasteiger partial charge on any atom is -0.544 e. The molecule has 3 heteroatoms. The van der Waals surface area contributed by atoms with E-state index in [4.69, 9.17) is 9.16 Å². The molecule has 0 aliphatic heterocycles. The zero-order valence-electron chi connectivity index (χ0n) is 10.8. The highest BCUT2D eigenvalue weighted by molar-refractivity contribution is 6.70. The van der Waals surface area contributed by atoms with E-state index in [1.54, 1.807) is 7.11 Å². The molecule has 17 heavy (non-hydrogen) atoms. The Morgan fingerprint density at radius 1 is 0.824 bits per heavy atom. The average Bonchev–Trinajstić information content (AvgIpc) is 2.26. The highest BCUT2D eigenvalue weighted by Gasteiger charge is 2.16. The highest BCUT2D eigenvalue weighted by atomic mass is 28.4. The van der Waals surface area contributed by atoms with Crippen LogP contribution < -0.4 is 9.16 Å². The van der Waals surface area contributed by atoms with Gasteiger partial charge in [0.2, 0.25) is 8.32 Å². The summed E-state index contributed by atoms with van der Waals surface area (Å²) in [6, 6.07) is 12.3. The summed E-state index contributed by atoms with van der Waals surface area (Å²) in [5.41, 5.74) is 0. The van der Waals surface area contributed by atoms with E-state index in [0.29, 0.717) is 0 Å². The predicted molar refractivity (Wildman–Crippen MR) is 74.5 cm³/mol. The summed E-state index contributed by atoms with van der Waals surface area (Å²) in [6.45, 7) is 6.55. The number of fused-ring (bicyclic) bond motifs is 1. The largest absolute Gasteiger partial charge is 0.544 e. The molecule has 0 amide bonds. The van der Waals surface area contributed by atoms with E-state index in [1.807, 2.05) is 18.2 Å². The molecule has 0 radical (unpaired) electrons. The molecule has 0 saturated heterocycles. The van der Waals surface area contributed by atoms with Crippen LogP contribution in [0.3, 0.4) is 0 Å². The fraction of sp³-hybridized carbons (Fsp3) is 0.286. The van der Waals surface area contributed by atoms with Crippen molar-refractivity contribution in [3.05, 3.63) is 36.4 Å². The quantitative estimate of drug-likeness (QED) is 0.760. The van der Waals surface area contributed by atoms with Crippen molar-refractivity contribution >= 4 is 19.1 Å². The van der Waals surface area contributed by atoms with Crippen LogP contribution in [0.2, 0.25) is 19.6 Å². The molecule has 2 rings (SSSR count). The van der Waals surface area contributed by atoms with E-state index in [9.17, 15) is 0 Å². The minimum absolute atomic E-state index is 0.877. The molecule has 0 aliphatic rings. The van der Waals surface area contributed by atoms with Gasteiger partial charge in [0.15, 0.2) is 0 Å². The Balaban J connectivity index is 2.41. The van der Waals surface area contributed by atoms with Gasteiger partial charge in [0.1, 0.15) is 11.5 Å².